The standard InChI is InChI=1S/C13H26N4/c1-6-11(2)17-8-7-13(15-17)10-14-9-12(3)16(4)5/h7-8,11-12,14H,6,9-10H2,1-5H3. The molecule has 1 aromatic heterocycles. The van der Waals surface area contributed by atoms with E-state index in [1.807, 2.05) is 4.68 Å². The Labute approximate surface area is 105 Å². The third kappa shape index (κ3) is 4.48. The zero-order valence-electron chi connectivity index (χ0n) is 11.8. The quantitative estimate of drug-likeness (QED) is 0.787. The Morgan fingerprint density at radius 3 is 2.71 bits per heavy atom. The van der Waals surface area contributed by atoms with Crippen LogP contribution in [0.2, 0.25) is 0 Å². The van der Waals surface area contributed by atoms with E-state index in [1.54, 1.807) is 0 Å². The molecule has 2 atom stereocenters. The molecule has 0 saturated carbocycles. The molecule has 4 heteroatoms. The van der Waals surface area contributed by atoms with Crippen LogP contribution in [0.15, 0.2) is 12.3 Å². The second-order valence-electron chi connectivity index (χ2n) is 4.99. The number of aromatic nitrogens is 2. The van der Waals surface area contributed by atoms with Crippen LogP contribution in [-0.4, -0.2) is 41.4 Å². The van der Waals surface area contributed by atoms with E-state index in [0.717, 1.165) is 25.2 Å². The van der Waals surface area contributed by atoms with E-state index in [2.05, 4.69) is 62.4 Å². The van der Waals surface area contributed by atoms with Crippen molar-refractivity contribution in [2.24, 2.45) is 0 Å². The lowest BCUT2D eigenvalue weighted by Gasteiger charge is -2.19. The van der Waals surface area contributed by atoms with Crippen molar-refractivity contribution in [3.63, 3.8) is 0 Å². The van der Waals surface area contributed by atoms with Gasteiger partial charge in [0.05, 0.1) is 5.69 Å². The first-order valence-electron chi connectivity index (χ1n) is 6.45. The molecule has 0 bridgehead atoms. The van der Waals surface area contributed by atoms with Crippen molar-refractivity contribution in [2.75, 3.05) is 20.6 Å². The number of nitrogens with one attached hydrogen (secondary N) is 1. The van der Waals surface area contributed by atoms with Crippen LogP contribution in [0.4, 0.5) is 0 Å². The van der Waals surface area contributed by atoms with Crippen LogP contribution >= 0.6 is 0 Å². The van der Waals surface area contributed by atoms with Crippen molar-refractivity contribution in [1.82, 2.24) is 20.0 Å². The molecule has 0 amide bonds. The molecule has 1 heterocycles. The molecule has 1 rings (SSSR count). The van der Waals surface area contributed by atoms with Gasteiger partial charge in [0.2, 0.25) is 0 Å². The monoisotopic (exact) mass is 238 g/mol. The predicted octanol–water partition coefficient (Wildman–Crippen LogP) is 1.89. The first kappa shape index (κ1) is 14.2. The largest absolute Gasteiger partial charge is 0.310 e. The Morgan fingerprint density at radius 1 is 1.41 bits per heavy atom. The molecule has 1 aromatic rings. The van der Waals surface area contributed by atoms with E-state index < -0.39 is 0 Å². The molecule has 0 aliphatic carbocycles. The lowest BCUT2D eigenvalue weighted by Crippen LogP contribution is -2.35. The molecule has 0 fully saturated rings. The van der Waals surface area contributed by atoms with Gasteiger partial charge in [0.25, 0.3) is 0 Å². The first-order valence-corrected chi connectivity index (χ1v) is 6.45. The van der Waals surface area contributed by atoms with E-state index in [9.17, 15) is 0 Å². The van der Waals surface area contributed by atoms with Crippen LogP contribution < -0.4 is 5.32 Å². The molecule has 0 aromatic carbocycles. The summed E-state index contributed by atoms with van der Waals surface area (Å²) in [4.78, 5) is 2.21. The molecule has 2 unspecified atom stereocenters. The molecular formula is C13H26N4. The Kier molecular flexibility index (Phi) is 5.65. The van der Waals surface area contributed by atoms with Gasteiger partial charge in [-0.05, 0) is 40.4 Å². The first-order chi connectivity index (χ1) is 8.04. The van der Waals surface area contributed by atoms with Gasteiger partial charge in [0.15, 0.2) is 0 Å². The lowest BCUT2D eigenvalue weighted by atomic mass is 10.3. The lowest BCUT2D eigenvalue weighted by molar-refractivity contribution is 0.302. The van der Waals surface area contributed by atoms with Gasteiger partial charge in [-0.1, -0.05) is 6.92 Å². The number of hydrogen-bond acceptors (Lipinski definition) is 3. The van der Waals surface area contributed by atoms with Crippen molar-refractivity contribution >= 4 is 0 Å². The van der Waals surface area contributed by atoms with Gasteiger partial charge in [-0.25, -0.2) is 0 Å². The van der Waals surface area contributed by atoms with E-state index in [-0.39, 0.29) is 0 Å². The maximum absolute atomic E-state index is 4.56. The average Bonchev–Trinajstić information content (AvgIpc) is 2.76. The number of rotatable bonds is 7. The summed E-state index contributed by atoms with van der Waals surface area (Å²) in [5, 5.41) is 8.00. The highest BCUT2D eigenvalue weighted by atomic mass is 15.3. The van der Waals surface area contributed by atoms with Gasteiger partial charge < -0.3 is 10.2 Å². The second-order valence-corrected chi connectivity index (χ2v) is 4.99. The normalized spacial score (nSPS) is 15.2. The van der Waals surface area contributed by atoms with E-state index in [4.69, 9.17) is 0 Å². The van der Waals surface area contributed by atoms with Crippen LogP contribution in [0, 0.1) is 0 Å². The summed E-state index contributed by atoms with van der Waals surface area (Å²) in [6.07, 6.45) is 3.19. The minimum Gasteiger partial charge on any atom is -0.310 e. The van der Waals surface area contributed by atoms with E-state index in [0.29, 0.717) is 12.1 Å². The van der Waals surface area contributed by atoms with Gasteiger partial charge in [0.1, 0.15) is 0 Å². The Balaban J connectivity index is 2.35. The summed E-state index contributed by atoms with van der Waals surface area (Å²) in [5.74, 6) is 0. The number of likely N-dealkylation sites (N-methyl/N-ethyl adjacent to an activating group) is 1. The highest BCUT2D eigenvalue weighted by Crippen LogP contribution is 2.08. The van der Waals surface area contributed by atoms with E-state index >= 15 is 0 Å². The molecule has 1 N–H and O–H groups in total. The summed E-state index contributed by atoms with van der Waals surface area (Å²) in [5.41, 5.74) is 1.12. The minimum absolute atomic E-state index is 0.490. The topological polar surface area (TPSA) is 33.1 Å². The van der Waals surface area contributed by atoms with Crippen molar-refractivity contribution in [1.29, 1.82) is 0 Å². The number of hydrogen-bond donors (Lipinski definition) is 1. The molecule has 0 saturated heterocycles. The number of nitrogens with zero attached hydrogens (tertiary/aromatic N) is 3. The Bertz CT molecular complexity index is 319. The third-order valence-corrected chi connectivity index (χ3v) is 3.33. The molecular weight excluding hydrogens is 212 g/mol. The molecule has 98 valence electrons. The van der Waals surface area contributed by atoms with Crippen LogP contribution in [0.25, 0.3) is 0 Å². The summed E-state index contributed by atoms with van der Waals surface area (Å²) < 4.78 is 2.05. The summed E-state index contributed by atoms with van der Waals surface area (Å²) in [6.45, 7) is 8.43. The van der Waals surface area contributed by atoms with Crippen LogP contribution in [0.5, 0.6) is 0 Å². The van der Waals surface area contributed by atoms with Gasteiger partial charge >= 0.3 is 0 Å². The van der Waals surface area contributed by atoms with Gasteiger partial charge in [-0.3, -0.25) is 4.68 Å². The fourth-order valence-electron chi connectivity index (χ4n) is 1.50. The fraction of sp³-hybridized carbons (Fsp3) is 0.769. The van der Waals surface area contributed by atoms with Crippen LogP contribution in [-0.2, 0) is 6.54 Å². The molecule has 0 radical (unpaired) electrons. The van der Waals surface area contributed by atoms with E-state index in [1.165, 1.54) is 0 Å². The molecule has 0 spiro atoms. The summed E-state index contributed by atoms with van der Waals surface area (Å²) in [7, 11) is 4.20. The zero-order chi connectivity index (χ0) is 12.8. The molecule has 0 aliphatic heterocycles. The zero-order valence-corrected chi connectivity index (χ0v) is 11.8. The average molecular weight is 238 g/mol. The van der Waals surface area contributed by atoms with Crippen molar-refractivity contribution in [2.45, 2.75) is 45.8 Å². The summed E-state index contributed by atoms with van der Waals surface area (Å²) >= 11 is 0. The summed E-state index contributed by atoms with van der Waals surface area (Å²) in [6, 6.07) is 3.13. The second kappa shape index (κ2) is 6.77. The Morgan fingerprint density at radius 2 is 2.12 bits per heavy atom. The maximum atomic E-state index is 4.56. The molecule has 0 aliphatic rings. The highest BCUT2D eigenvalue weighted by Gasteiger charge is 2.06. The maximum Gasteiger partial charge on any atom is 0.0762 e. The highest BCUT2D eigenvalue weighted by molar-refractivity contribution is 4.99. The van der Waals surface area contributed by atoms with Crippen LogP contribution in [0.1, 0.15) is 38.9 Å². The third-order valence-electron chi connectivity index (χ3n) is 3.33. The molecule has 17 heavy (non-hydrogen) atoms. The fourth-order valence-corrected chi connectivity index (χ4v) is 1.50. The predicted molar refractivity (Wildman–Crippen MR) is 72.1 cm³/mol. The van der Waals surface area contributed by atoms with Crippen LogP contribution in [0.3, 0.4) is 0 Å². The van der Waals surface area contributed by atoms with Crippen molar-refractivity contribution in [3.05, 3.63) is 18.0 Å². The van der Waals surface area contributed by atoms with Gasteiger partial charge in [-0.15, -0.1) is 0 Å². The van der Waals surface area contributed by atoms with Gasteiger partial charge in [-0.2, -0.15) is 5.10 Å². The SMILES string of the molecule is CCC(C)n1ccc(CNCC(C)N(C)C)n1. The molecule has 4 nitrogen and oxygen atoms in total. The minimum atomic E-state index is 0.490. The van der Waals surface area contributed by atoms with Crippen molar-refractivity contribution < 1.29 is 0 Å². The van der Waals surface area contributed by atoms with Gasteiger partial charge in [0, 0.05) is 31.4 Å². The van der Waals surface area contributed by atoms with Crippen molar-refractivity contribution in [3.8, 4) is 0 Å². The Hall–Kier alpha value is -0.870. The smallest absolute Gasteiger partial charge is 0.0762 e.